The first kappa shape index (κ1) is 26.1. The van der Waals surface area contributed by atoms with E-state index in [1.54, 1.807) is 33.4 Å². The van der Waals surface area contributed by atoms with Crippen molar-refractivity contribution in [2.45, 2.75) is 19.6 Å². The van der Waals surface area contributed by atoms with Crippen LogP contribution in [0.1, 0.15) is 22.8 Å². The summed E-state index contributed by atoms with van der Waals surface area (Å²) in [5.74, 6) is 1.19. The van der Waals surface area contributed by atoms with Crippen molar-refractivity contribution in [3.63, 3.8) is 0 Å². The van der Waals surface area contributed by atoms with Crippen molar-refractivity contribution >= 4 is 29.9 Å². The van der Waals surface area contributed by atoms with Crippen molar-refractivity contribution in [3.8, 4) is 5.75 Å². The molecule has 1 unspecified atom stereocenters. The van der Waals surface area contributed by atoms with Crippen LogP contribution in [0.4, 0.5) is 4.39 Å². The number of hydrogen-bond acceptors (Lipinski definition) is 4. The second-order valence-electron chi connectivity index (χ2n) is 6.54. The van der Waals surface area contributed by atoms with E-state index in [0.29, 0.717) is 32.3 Å². The van der Waals surface area contributed by atoms with Crippen molar-refractivity contribution in [2.75, 3.05) is 41.0 Å². The molecule has 0 saturated heterocycles. The number of nitrogens with zero attached hydrogens (tertiary/aromatic N) is 1. The molecule has 6 nitrogen and oxygen atoms in total. The van der Waals surface area contributed by atoms with E-state index >= 15 is 0 Å². The lowest BCUT2D eigenvalue weighted by Gasteiger charge is -2.19. The maximum atomic E-state index is 13.1. The molecule has 0 aromatic heterocycles. The Kier molecular flexibility index (Phi) is 12.3. The molecule has 0 aliphatic carbocycles. The first-order valence-electron chi connectivity index (χ1n) is 9.51. The Labute approximate surface area is 195 Å². The topological polar surface area (TPSA) is 64.1 Å². The van der Waals surface area contributed by atoms with Crippen LogP contribution in [0.3, 0.4) is 0 Å². The lowest BCUT2D eigenvalue weighted by Crippen LogP contribution is -2.39. The van der Waals surface area contributed by atoms with E-state index in [1.165, 1.54) is 12.1 Å². The van der Waals surface area contributed by atoms with Crippen LogP contribution in [0.25, 0.3) is 0 Å². The summed E-state index contributed by atoms with van der Waals surface area (Å²) in [6.45, 7) is 4.10. The molecular formula is C22H31FIN3O3. The monoisotopic (exact) mass is 531 g/mol. The van der Waals surface area contributed by atoms with E-state index in [2.05, 4.69) is 15.6 Å². The lowest BCUT2D eigenvalue weighted by molar-refractivity contribution is 0.106. The summed E-state index contributed by atoms with van der Waals surface area (Å²) in [5, 5.41) is 6.53. The van der Waals surface area contributed by atoms with E-state index in [1.807, 2.05) is 25.1 Å². The number of nitrogens with one attached hydrogen (secondary N) is 2. The molecule has 30 heavy (non-hydrogen) atoms. The molecule has 2 aromatic rings. The highest BCUT2D eigenvalue weighted by molar-refractivity contribution is 14.0. The predicted octanol–water partition coefficient (Wildman–Crippen LogP) is 3.83. The van der Waals surface area contributed by atoms with Gasteiger partial charge in [-0.05, 0) is 36.2 Å². The minimum Gasteiger partial charge on any atom is -0.491 e. The third-order valence-corrected chi connectivity index (χ3v) is 4.42. The minimum absolute atomic E-state index is 0. The van der Waals surface area contributed by atoms with Gasteiger partial charge in [0, 0.05) is 39.9 Å². The van der Waals surface area contributed by atoms with Crippen LogP contribution >= 0.6 is 24.0 Å². The van der Waals surface area contributed by atoms with E-state index in [-0.39, 0.29) is 35.9 Å². The fraction of sp³-hybridized carbons (Fsp3) is 0.409. The number of benzene rings is 2. The van der Waals surface area contributed by atoms with E-state index < -0.39 is 0 Å². The van der Waals surface area contributed by atoms with Crippen LogP contribution in [0.15, 0.2) is 47.5 Å². The minimum atomic E-state index is -0.268. The molecule has 0 heterocycles. The molecule has 0 amide bonds. The van der Waals surface area contributed by atoms with Crippen molar-refractivity contribution in [3.05, 3.63) is 65.0 Å². The van der Waals surface area contributed by atoms with Crippen LogP contribution in [0.2, 0.25) is 0 Å². The normalized spacial score (nSPS) is 12.1. The maximum absolute atomic E-state index is 13.1. The Morgan fingerprint density at radius 1 is 1.07 bits per heavy atom. The van der Waals surface area contributed by atoms with Crippen molar-refractivity contribution in [1.82, 2.24) is 10.6 Å². The number of aryl methyl sites for hydroxylation is 1. The molecule has 0 aliphatic heterocycles. The van der Waals surface area contributed by atoms with Gasteiger partial charge < -0.3 is 24.8 Å². The molecule has 2 rings (SSSR count). The summed E-state index contributed by atoms with van der Waals surface area (Å²) in [5.41, 5.74) is 3.05. The number of halogens is 2. The highest BCUT2D eigenvalue weighted by Gasteiger charge is 2.12. The summed E-state index contributed by atoms with van der Waals surface area (Å²) < 4.78 is 29.5. The van der Waals surface area contributed by atoms with Crippen LogP contribution < -0.4 is 15.4 Å². The Morgan fingerprint density at radius 3 is 2.43 bits per heavy atom. The number of hydrogen-bond donors (Lipinski definition) is 2. The number of ether oxygens (including phenoxy) is 3. The van der Waals surface area contributed by atoms with Crippen molar-refractivity contribution in [2.24, 2.45) is 4.99 Å². The summed E-state index contributed by atoms with van der Waals surface area (Å²) in [7, 11) is 4.99. The molecule has 0 radical (unpaired) electrons. The maximum Gasteiger partial charge on any atom is 0.191 e. The van der Waals surface area contributed by atoms with Crippen LogP contribution in [-0.4, -0.2) is 47.0 Å². The fourth-order valence-electron chi connectivity index (χ4n) is 2.78. The zero-order chi connectivity index (χ0) is 21.1. The molecular weight excluding hydrogens is 500 g/mol. The van der Waals surface area contributed by atoms with E-state index in [9.17, 15) is 4.39 Å². The Balaban J connectivity index is 0.00000450. The van der Waals surface area contributed by atoms with Gasteiger partial charge in [-0.15, -0.1) is 24.0 Å². The number of methoxy groups -OCH3 is 2. The number of guanidine groups is 1. The molecule has 2 N–H and O–H groups in total. The van der Waals surface area contributed by atoms with Gasteiger partial charge >= 0.3 is 0 Å². The lowest BCUT2D eigenvalue weighted by atomic mass is 10.1. The number of aliphatic imine (C=N–C) groups is 1. The smallest absolute Gasteiger partial charge is 0.191 e. The third kappa shape index (κ3) is 8.45. The van der Waals surface area contributed by atoms with Gasteiger partial charge in [0.25, 0.3) is 0 Å². The first-order valence-corrected chi connectivity index (χ1v) is 9.51. The van der Waals surface area contributed by atoms with Crippen LogP contribution in [0, 0.1) is 12.7 Å². The highest BCUT2D eigenvalue weighted by Crippen LogP contribution is 2.20. The second kappa shape index (κ2) is 14.2. The molecule has 1 atom stereocenters. The molecule has 0 bridgehead atoms. The van der Waals surface area contributed by atoms with Crippen LogP contribution in [0.5, 0.6) is 5.75 Å². The van der Waals surface area contributed by atoms with Gasteiger partial charge in [-0.1, -0.05) is 24.3 Å². The van der Waals surface area contributed by atoms with Gasteiger partial charge in [-0.25, -0.2) is 4.39 Å². The van der Waals surface area contributed by atoms with E-state index in [0.717, 1.165) is 22.4 Å². The molecule has 0 saturated carbocycles. The molecule has 166 valence electrons. The first-order chi connectivity index (χ1) is 14.1. The summed E-state index contributed by atoms with van der Waals surface area (Å²) in [6, 6.07) is 12.4. The largest absolute Gasteiger partial charge is 0.491 e. The van der Waals surface area contributed by atoms with Crippen molar-refractivity contribution in [1.29, 1.82) is 0 Å². The van der Waals surface area contributed by atoms with Gasteiger partial charge in [0.2, 0.25) is 0 Å². The Bertz CT molecular complexity index is 788. The van der Waals surface area contributed by atoms with Gasteiger partial charge in [-0.3, -0.25) is 4.99 Å². The zero-order valence-corrected chi connectivity index (χ0v) is 20.2. The van der Waals surface area contributed by atoms with E-state index in [4.69, 9.17) is 14.2 Å². The van der Waals surface area contributed by atoms with Gasteiger partial charge in [-0.2, -0.15) is 0 Å². The van der Waals surface area contributed by atoms with Gasteiger partial charge in [0.1, 0.15) is 18.2 Å². The zero-order valence-electron chi connectivity index (χ0n) is 17.9. The second-order valence-corrected chi connectivity index (χ2v) is 6.54. The van der Waals surface area contributed by atoms with Gasteiger partial charge in [0.15, 0.2) is 5.96 Å². The third-order valence-electron chi connectivity index (χ3n) is 4.42. The predicted molar refractivity (Wildman–Crippen MR) is 128 cm³/mol. The quantitative estimate of drug-likeness (QED) is 0.211. The highest BCUT2D eigenvalue weighted by atomic mass is 127. The molecule has 8 heteroatoms. The molecule has 0 spiro atoms. The average molecular weight is 531 g/mol. The van der Waals surface area contributed by atoms with Crippen molar-refractivity contribution < 1.29 is 18.6 Å². The summed E-state index contributed by atoms with van der Waals surface area (Å²) in [4.78, 5) is 4.26. The molecule has 0 fully saturated rings. The standard InChI is InChI=1S/C22H30FN3O3.HI/c1-16-5-6-18(20(13-16)29-12-11-27-3)14-25-22(24-2)26-15-21(28-4)17-7-9-19(23)10-8-17;/h5-10,13,21H,11-12,14-15H2,1-4H3,(H2,24,25,26);1H. The Hall–Kier alpha value is -1.91. The number of rotatable bonds is 10. The summed E-state index contributed by atoms with van der Waals surface area (Å²) >= 11 is 0. The van der Waals surface area contributed by atoms with Gasteiger partial charge in [0.05, 0.1) is 12.7 Å². The Morgan fingerprint density at radius 2 is 1.80 bits per heavy atom. The SMILES string of the molecule is CN=C(NCc1ccc(C)cc1OCCOC)NCC(OC)c1ccc(F)cc1.I. The fourth-order valence-corrected chi connectivity index (χ4v) is 2.78. The summed E-state index contributed by atoms with van der Waals surface area (Å²) in [6.07, 6.45) is -0.221. The van der Waals surface area contributed by atoms with Crippen LogP contribution in [-0.2, 0) is 16.0 Å². The molecule has 2 aromatic carbocycles. The average Bonchev–Trinajstić information content (AvgIpc) is 2.73. The molecule has 0 aliphatic rings.